The lowest BCUT2D eigenvalue weighted by Gasteiger charge is -2.01. The van der Waals surface area contributed by atoms with Crippen LogP contribution in [-0.4, -0.2) is 11.1 Å². The molecular weight excluding hydrogens is 223 g/mol. The first-order valence-corrected chi connectivity index (χ1v) is 3.96. The van der Waals surface area contributed by atoms with Gasteiger partial charge in [-0.15, -0.1) is 0 Å². The first-order valence-electron chi connectivity index (χ1n) is 3.96. The van der Waals surface area contributed by atoms with Gasteiger partial charge in [0, 0.05) is 11.6 Å². The number of carboxylic acid groups (broad SMARTS) is 1. The number of carboxylic acids is 1. The van der Waals surface area contributed by atoms with Gasteiger partial charge in [0.15, 0.2) is 17.5 Å². The zero-order chi connectivity index (χ0) is 12.3. The van der Waals surface area contributed by atoms with Crippen molar-refractivity contribution in [3.63, 3.8) is 0 Å². The Balaban J connectivity index is 3.37. The summed E-state index contributed by atoms with van der Waals surface area (Å²) in [5.41, 5.74) is -1.19. The van der Waals surface area contributed by atoms with Gasteiger partial charge in [-0.1, -0.05) is 0 Å². The first kappa shape index (κ1) is 11.8. The van der Waals surface area contributed by atoms with Crippen LogP contribution in [-0.2, 0) is 4.79 Å². The molecule has 82 valence electrons. The predicted molar refractivity (Wildman–Crippen MR) is 47.7 cm³/mol. The van der Waals surface area contributed by atoms with Crippen LogP contribution in [0.25, 0.3) is 6.08 Å². The van der Waals surface area contributed by atoms with Crippen molar-refractivity contribution in [1.82, 2.24) is 0 Å². The van der Waals surface area contributed by atoms with Gasteiger partial charge in [0.1, 0.15) is 6.07 Å². The molecule has 0 aromatic heterocycles. The number of halogens is 3. The average Bonchev–Trinajstić information content (AvgIpc) is 2.25. The Bertz CT molecular complexity index is 518. The van der Waals surface area contributed by atoms with E-state index < -0.39 is 34.5 Å². The van der Waals surface area contributed by atoms with Gasteiger partial charge in [-0.05, 0) is 12.1 Å². The fraction of sp³-hybridized carbons (Fsp3) is 0. The minimum absolute atomic E-state index is 0.502. The van der Waals surface area contributed by atoms with E-state index in [1.165, 1.54) is 6.07 Å². The summed E-state index contributed by atoms with van der Waals surface area (Å²) >= 11 is 0. The van der Waals surface area contributed by atoms with Crippen LogP contribution >= 0.6 is 0 Å². The number of hydrogen-bond donors (Lipinski definition) is 1. The molecule has 3 nitrogen and oxygen atoms in total. The number of nitrogens with zero attached hydrogens (tertiary/aromatic N) is 1. The normalized spacial score (nSPS) is 10.4. The Hall–Kier alpha value is -2.29. The van der Waals surface area contributed by atoms with Crippen molar-refractivity contribution >= 4 is 12.0 Å². The molecule has 6 heteroatoms. The van der Waals surface area contributed by atoms with Gasteiger partial charge in [-0.3, -0.25) is 0 Å². The van der Waals surface area contributed by atoms with E-state index in [0.29, 0.717) is 6.08 Å². The lowest BCUT2D eigenvalue weighted by molar-refractivity contribution is -0.131. The Morgan fingerprint density at radius 2 is 1.94 bits per heavy atom. The van der Waals surface area contributed by atoms with Crippen molar-refractivity contribution in [2.24, 2.45) is 0 Å². The van der Waals surface area contributed by atoms with Gasteiger partial charge in [-0.2, -0.15) is 5.26 Å². The highest BCUT2D eigenvalue weighted by Crippen LogP contribution is 2.20. The molecule has 0 aliphatic carbocycles. The number of benzene rings is 1. The van der Waals surface area contributed by atoms with Crippen LogP contribution in [0.5, 0.6) is 0 Å². The monoisotopic (exact) mass is 227 g/mol. The summed E-state index contributed by atoms with van der Waals surface area (Å²) in [6, 6.07) is 2.06. The smallest absolute Gasteiger partial charge is 0.328 e. The topological polar surface area (TPSA) is 61.1 Å². The standard InChI is InChI=1S/C10H4F3NO2/c11-8-5(1-2-7(15)16)3-6(4-14)9(12)10(8)13/h1-3H,(H,15,16)/b2-1+. The molecule has 0 aliphatic rings. The van der Waals surface area contributed by atoms with E-state index in [0.717, 1.165) is 12.1 Å². The first-order chi connectivity index (χ1) is 7.47. The van der Waals surface area contributed by atoms with Crippen LogP contribution in [0.3, 0.4) is 0 Å². The molecule has 16 heavy (non-hydrogen) atoms. The van der Waals surface area contributed by atoms with Crippen LogP contribution in [0.1, 0.15) is 11.1 Å². The van der Waals surface area contributed by atoms with Crippen molar-refractivity contribution in [1.29, 1.82) is 5.26 Å². The Morgan fingerprint density at radius 3 is 2.44 bits per heavy atom. The highest BCUT2D eigenvalue weighted by Gasteiger charge is 2.17. The summed E-state index contributed by atoms with van der Waals surface area (Å²) in [5, 5.41) is 16.7. The predicted octanol–water partition coefficient (Wildman–Crippen LogP) is 2.07. The van der Waals surface area contributed by atoms with E-state index in [2.05, 4.69) is 0 Å². The lowest BCUT2D eigenvalue weighted by atomic mass is 10.1. The molecule has 0 saturated heterocycles. The molecule has 0 radical (unpaired) electrons. The summed E-state index contributed by atoms with van der Waals surface area (Å²) in [6.07, 6.45) is 1.29. The van der Waals surface area contributed by atoms with Crippen LogP contribution in [0.2, 0.25) is 0 Å². The molecule has 0 spiro atoms. The number of carbonyl (C=O) groups is 1. The van der Waals surface area contributed by atoms with Crippen molar-refractivity contribution in [3.05, 3.63) is 40.7 Å². The van der Waals surface area contributed by atoms with Crippen molar-refractivity contribution < 1.29 is 23.1 Å². The van der Waals surface area contributed by atoms with E-state index >= 15 is 0 Å². The molecule has 0 unspecified atom stereocenters. The van der Waals surface area contributed by atoms with E-state index in [-0.39, 0.29) is 0 Å². The van der Waals surface area contributed by atoms with Crippen LogP contribution in [0.15, 0.2) is 12.1 Å². The van der Waals surface area contributed by atoms with Crippen molar-refractivity contribution in [2.75, 3.05) is 0 Å². The number of aliphatic carboxylic acids is 1. The maximum Gasteiger partial charge on any atom is 0.328 e. The molecule has 1 aromatic carbocycles. The van der Waals surface area contributed by atoms with E-state index in [9.17, 15) is 18.0 Å². The Kier molecular flexibility index (Phi) is 3.30. The second kappa shape index (κ2) is 4.49. The molecule has 0 amide bonds. The number of nitriles is 1. The molecule has 0 bridgehead atoms. The number of rotatable bonds is 2. The van der Waals surface area contributed by atoms with Gasteiger partial charge in [0.05, 0.1) is 5.56 Å². The van der Waals surface area contributed by atoms with Crippen molar-refractivity contribution in [2.45, 2.75) is 0 Å². The highest BCUT2D eigenvalue weighted by atomic mass is 19.2. The largest absolute Gasteiger partial charge is 0.478 e. The summed E-state index contributed by atoms with van der Waals surface area (Å²) in [5.74, 6) is -6.30. The minimum Gasteiger partial charge on any atom is -0.478 e. The molecule has 1 N–H and O–H groups in total. The van der Waals surface area contributed by atoms with Gasteiger partial charge >= 0.3 is 5.97 Å². The van der Waals surface area contributed by atoms with E-state index in [4.69, 9.17) is 10.4 Å². The number of hydrogen-bond acceptors (Lipinski definition) is 2. The highest BCUT2D eigenvalue weighted by molar-refractivity contribution is 5.85. The van der Waals surface area contributed by atoms with E-state index in [1.807, 2.05) is 0 Å². The SMILES string of the molecule is N#Cc1cc(/C=C/C(=O)O)c(F)c(F)c1F. The van der Waals surface area contributed by atoms with Gasteiger partial charge < -0.3 is 5.11 Å². The molecule has 0 aliphatic heterocycles. The minimum atomic E-state index is -1.80. The van der Waals surface area contributed by atoms with Gasteiger partial charge in [0.2, 0.25) is 0 Å². The molecular formula is C10H4F3NO2. The summed E-state index contributed by atoms with van der Waals surface area (Å²) in [4.78, 5) is 10.1. The summed E-state index contributed by atoms with van der Waals surface area (Å²) in [6.45, 7) is 0. The average molecular weight is 227 g/mol. The van der Waals surface area contributed by atoms with E-state index in [1.54, 1.807) is 0 Å². The second-order valence-electron chi connectivity index (χ2n) is 2.74. The van der Waals surface area contributed by atoms with Crippen LogP contribution < -0.4 is 0 Å². The fourth-order valence-electron chi connectivity index (χ4n) is 0.987. The summed E-state index contributed by atoms with van der Waals surface area (Å²) < 4.78 is 38.8. The zero-order valence-electron chi connectivity index (χ0n) is 7.67. The van der Waals surface area contributed by atoms with Gasteiger partial charge in [-0.25, -0.2) is 18.0 Å². The third-order valence-electron chi connectivity index (χ3n) is 1.70. The molecule has 0 saturated carbocycles. The van der Waals surface area contributed by atoms with Crippen LogP contribution in [0.4, 0.5) is 13.2 Å². The maximum absolute atomic E-state index is 13.1. The Morgan fingerprint density at radius 1 is 1.31 bits per heavy atom. The molecule has 0 heterocycles. The zero-order valence-corrected chi connectivity index (χ0v) is 7.67. The van der Waals surface area contributed by atoms with Crippen molar-refractivity contribution in [3.8, 4) is 6.07 Å². The quantitative estimate of drug-likeness (QED) is 0.621. The second-order valence-corrected chi connectivity index (χ2v) is 2.74. The van der Waals surface area contributed by atoms with Gasteiger partial charge in [0.25, 0.3) is 0 Å². The molecule has 0 atom stereocenters. The molecule has 0 fully saturated rings. The van der Waals surface area contributed by atoms with Crippen LogP contribution in [0, 0.1) is 28.8 Å². The maximum atomic E-state index is 13.1. The summed E-state index contributed by atoms with van der Waals surface area (Å²) in [7, 11) is 0. The molecule has 1 aromatic rings. The fourth-order valence-corrected chi connectivity index (χ4v) is 0.987. The third kappa shape index (κ3) is 2.20. The third-order valence-corrected chi connectivity index (χ3v) is 1.70. The lowest BCUT2D eigenvalue weighted by Crippen LogP contribution is -1.98. The molecule has 1 rings (SSSR count). The Labute approximate surface area is 88.0 Å².